The first-order valence-electron chi connectivity index (χ1n) is 6.15. The van der Waals surface area contributed by atoms with Gasteiger partial charge in [-0.1, -0.05) is 0 Å². The second-order valence-corrected chi connectivity index (χ2v) is 4.78. The summed E-state index contributed by atoms with van der Waals surface area (Å²) >= 11 is 0. The average molecular weight is 265 g/mol. The third-order valence-electron chi connectivity index (χ3n) is 3.30. The number of likely N-dealkylation sites (tertiary alicyclic amines) is 1. The van der Waals surface area contributed by atoms with Crippen LogP contribution in [-0.2, 0) is 9.53 Å². The summed E-state index contributed by atoms with van der Waals surface area (Å²) in [5.41, 5.74) is 1.02. The Bertz CT molecular complexity index is 495. The molecule has 1 aromatic carbocycles. The van der Waals surface area contributed by atoms with Crippen molar-refractivity contribution >= 4 is 11.9 Å². The second kappa shape index (κ2) is 5.38. The fourth-order valence-electron chi connectivity index (χ4n) is 2.35. The number of carbonyl (C=O) groups is 2. The van der Waals surface area contributed by atoms with Gasteiger partial charge in [-0.2, -0.15) is 0 Å². The molecule has 0 bridgehead atoms. The lowest BCUT2D eigenvalue weighted by Gasteiger charge is -2.16. The zero-order chi connectivity index (χ0) is 14.0. The minimum absolute atomic E-state index is 0.242. The van der Waals surface area contributed by atoms with Gasteiger partial charge in [0, 0.05) is 18.7 Å². The molecule has 1 fully saturated rings. The molecule has 0 aromatic heterocycles. The van der Waals surface area contributed by atoms with Crippen LogP contribution in [0.15, 0.2) is 18.2 Å². The predicted octanol–water partition coefficient (Wildman–Crippen LogP) is 1.77. The van der Waals surface area contributed by atoms with E-state index in [0.717, 1.165) is 0 Å². The quantitative estimate of drug-likeness (QED) is 0.766. The van der Waals surface area contributed by atoms with E-state index in [2.05, 4.69) is 4.74 Å². The Balaban J connectivity index is 2.11. The smallest absolute Gasteiger partial charge is 0.310 e. The van der Waals surface area contributed by atoms with Crippen LogP contribution in [0, 0.1) is 18.7 Å². The fourth-order valence-corrected chi connectivity index (χ4v) is 2.35. The van der Waals surface area contributed by atoms with Gasteiger partial charge in [0.1, 0.15) is 5.82 Å². The molecule has 5 heteroatoms. The topological polar surface area (TPSA) is 46.6 Å². The van der Waals surface area contributed by atoms with Gasteiger partial charge in [0.15, 0.2) is 0 Å². The molecule has 1 saturated heterocycles. The monoisotopic (exact) mass is 265 g/mol. The first-order valence-corrected chi connectivity index (χ1v) is 6.15. The minimum atomic E-state index is -0.424. The molecule has 0 spiro atoms. The van der Waals surface area contributed by atoms with Crippen molar-refractivity contribution in [3.05, 3.63) is 35.1 Å². The highest BCUT2D eigenvalue weighted by atomic mass is 19.1. The predicted molar refractivity (Wildman–Crippen MR) is 67.2 cm³/mol. The van der Waals surface area contributed by atoms with Crippen LogP contribution in [0.3, 0.4) is 0 Å². The highest BCUT2D eigenvalue weighted by Crippen LogP contribution is 2.20. The van der Waals surface area contributed by atoms with Crippen LogP contribution < -0.4 is 0 Å². The highest BCUT2D eigenvalue weighted by molar-refractivity contribution is 5.95. The van der Waals surface area contributed by atoms with Crippen LogP contribution in [0.25, 0.3) is 0 Å². The lowest BCUT2D eigenvalue weighted by Crippen LogP contribution is -2.30. The molecule has 0 saturated carbocycles. The maximum atomic E-state index is 13.3. The van der Waals surface area contributed by atoms with E-state index in [1.54, 1.807) is 17.9 Å². The van der Waals surface area contributed by atoms with Gasteiger partial charge in [-0.05, 0) is 37.1 Å². The Morgan fingerprint density at radius 1 is 1.37 bits per heavy atom. The van der Waals surface area contributed by atoms with E-state index < -0.39 is 5.82 Å². The number of benzene rings is 1. The van der Waals surface area contributed by atoms with Gasteiger partial charge in [-0.3, -0.25) is 9.59 Å². The lowest BCUT2D eigenvalue weighted by atomic mass is 10.1. The maximum absolute atomic E-state index is 13.3. The summed E-state index contributed by atoms with van der Waals surface area (Å²) < 4.78 is 18.0. The van der Waals surface area contributed by atoms with Gasteiger partial charge in [0.05, 0.1) is 13.0 Å². The number of ether oxygens (including phenoxy) is 1. The molecule has 1 atom stereocenters. The van der Waals surface area contributed by atoms with Gasteiger partial charge in [0.25, 0.3) is 5.91 Å². The van der Waals surface area contributed by atoms with E-state index in [9.17, 15) is 14.0 Å². The molecule has 1 aliphatic rings. The van der Waals surface area contributed by atoms with E-state index >= 15 is 0 Å². The number of rotatable bonds is 2. The molecule has 0 radical (unpaired) electrons. The molecule has 4 nitrogen and oxygen atoms in total. The van der Waals surface area contributed by atoms with E-state index in [-0.39, 0.29) is 17.8 Å². The number of hydrogen-bond acceptors (Lipinski definition) is 3. The van der Waals surface area contributed by atoms with Crippen LogP contribution in [0.1, 0.15) is 22.3 Å². The Labute approximate surface area is 111 Å². The van der Waals surface area contributed by atoms with Crippen molar-refractivity contribution < 1.29 is 18.7 Å². The summed E-state index contributed by atoms with van der Waals surface area (Å²) in [7, 11) is 1.34. The molecular formula is C14H16FNO3. The maximum Gasteiger partial charge on any atom is 0.310 e. The van der Waals surface area contributed by atoms with Crippen LogP contribution >= 0.6 is 0 Å². The summed E-state index contributed by atoms with van der Waals surface area (Å²) in [5, 5.41) is 0. The molecule has 2 rings (SSSR count). The first-order chi connectivity index (χ1) is 9.01. The molecule has 1 amide bonds. The Morgan fingerprint density at radius 3 is 2.74 bits per heavy atom. The highest BCUT2D eigenvalue weighted by Gasteiger charge is 2.32. The Kier molecular flexibility index (Phi) is 3.83. The third-order valence-corrected chi connectivity index (χ3v) is 3.30. The van der Waals surface area contributed by atoms with Crippen molar-refractivity contribution in [3.8, 4) is 0 Å². The van der Waals surface area contributed by atoms with E-state index in [1.807, 2.05) is 0 Å². The first kappa shape index (κ1) is 13.5. The molecular weight excluding hydrogens is 249 g/mol. The number of halogens is 1. The molecule has 1 unspecified atom stereocenters. The Hall–Kier alpha value is -1.91. The average Bonchev–Trinajstić information content (AvgIpc) is 2.85. The number of amides is 1. The van der Waals surface area contributed by atoms with Crippen LogP contribution in [-0.4, -0.2) is 37.0 Å². The van der Waals surface area contributed by atoms with E-state index in [1.165, 1.54) is 19.2 Å². The van der Waals surface area contributed by atoms with Crippen LogP contribution in [0.5, 0.6) is 0 Å². The largest absolute Gasteiger partial charge is 0.469 e. The van der Waals surface area contributed by atoms with E-state index in [0.29, 0.717) is 30.6 Å². The third kappa shape index (κ3) is 2.92. The van der Waals surface area contributed by atoms with Crippen molar-refractivity contribution in [3.63, 3.8) is 0 Å². The molecule has 1 aliphatic heterocycles. The second-order valence-electron chi connectivity index (χ2n) is 4.78. The normalized spacial score (nSPS) is 18.5. The van der Waals surface area contributed by atoms with Gasteiger partial charge in [0.2, 0.25) is 0 Å². The zero-order valence-corrected chi connectivity index (χ0v) is 11.0. The van der Waals surface area contributed by atoms with Crippen molar-refractivity contribution in [1.29, 1.82) is 0 Å². The van der Waals surface area contributed by atoms with Crippen LogP contribution in [0.4, 0.5) is 4.39 Å². The number of nitrogens with zero attached hydrogens (tertiary/aromatic N) is 1. The number of aryl methyl sites for hydroxylation is 1. The molecule has 1 aromatic rings. The number of esters is 1. The van der Waals surface area contributed by atoms with E-state index in [4.69, 9.17) is 0 Å². The number of carbonyl (C=O) groups excluding carboxylic acids is 2. The van der Waals surface area contributed by atoms with Crippen molar-refractivity contribution in [2.75, 3.05) is 20.2 Å². The van der Waals surface area contributed by atoms with Crippen molar-refractivity contribution in [1.82, 2.24) is 4.90 Å². The summed E-state index contributed by atoms with van der Waals surface area (Å²) in [5.74, 6) is -1.24. The molecule has 102 valence electrons. The van der Waals surface area contributed by atoms with Gasteiger partial charge < -0.3 is 9.64 Å². The zero-order valence-electron chi connectivity index (χ0n) is 11.0. The molecule has 19 heavy (non-hydrogen) atoms. The fraction of sp³-hybridized carbons (Fsp3) is 0.429. The Morgan fingerprint density at radius 2 is 2.11 bits per heavy atom. The molecule has 0 N–H and O–H groups in total. The molecule has 0 aliphatic carbocycles. The lowest BCUT2D eigenvalue weighted by molar-refractivity contribution is -0.144. The summed E-state index contributed by atoms with van der Waals surface area (Å²) in [6, 6.07) is 4.25. The molecule has 1 heterocycles. The standard InChI is InChI=1S/C14H16FNO3/c1-9-5-11(7-12(15)6-9)13(17)16-4-3-10(8-16)14(18)19-2/h5-7,10H,3-4,8H2,1-2H3. The van der Waals surface area contributed by atoms with Crippen molar-refractivity contribution in [2.24, 2.45) is 5.92 Å². The summed E-state index contributed by atoms with van der Waals surface area (Å²) in [6.45, 7) is 2.57. The number of methoxy groups -OCH3 is 1. The summed E-state index contributed by atoms with van der Waals surface area (Å²) in [6.07, 6.45) is 0.590. The summed E-state index contributed by atoms with van der Waals surface area (Å²) in [4.78, 5) is 25.2. The van der Waals surface area contributed by atoms with Gasteiger partial charge in [-0.25, -0.2) is 4.39 Å². The van der Waals surface area contributed by atoms with Crippen molar-refractivity contribution in [2.45, 2.75) is 13.3 Å². The SMILES string of the molecule is COC(=O)C1CCN(C(=O)c2cc(C)cc(F)c2)C1. The number of hydrogen-bond donors (Lipinski definition) is 0. The van der Waals surface area contributed by atoms with Gasteiger partial charge >= 0.3 is 5.97 Å². The van der Waals surface area contributed by atoms with Crippen LogP contribution in [0.2, 0.25) is 0 Å². The minimum Gasteiger partial charge on any atom is -0.469 e. The van der Waals surface area contributed by atoms with Gasteiger partial charge in [-0.15, -0.1) is 0 Å².